The predicted octanol–water partition coefficient (Wildman–Crippen LogP) is 3.52. The summed E-state index contributed by atoms with van der Waals surface area (Å²) in [6.07, 6.45) is 2.19. The van der Waals surface area contributed by atoms with Crippen molar-refractivity contribution in [1.29, 1.82) is 0 Å². The highest BCUT2D eigenvalue weighted by molar-refractivity contribution is 8.15. The third-order valence-corrected chi connectivity index (χ3v) is 5.20. The number of benzene rings is 2. The summed E-state index contributed by atoms with van der Waals surface area (Å²) in [4.78, 5) is 12.1. The molecule has 27 heavy (non-hydrogen) atoms. The molecule has 1 aliphatic heterocycles. The van der Waals surface area contributed by atoms with Crippen LogP contribution in [0.4, 0.5) is 0 Å². The molecule has 0 aromatic heterocycles. The van der Waals surface area contributed by atoms with Crippen LogP contribution in [0.15, 0.2) is 52.7 Å². The van der Waals surface area contributed by atoms with Crippen LogP contribution in [-0.4, -0.2) is 36.8 Å². The van der Waals surface area contributed by atoms with Crippen LogP contribution < -0.4 is 14.8 Å². The number of amidine groups is 1. The number of ether oxygens (including phenoxy) is 2. The van der Waals surface area contributed by atoms with E-state index < -0.39 is 0 Å². The molecule has 1 aliphatic rings. The molecule has 140 valence electrons. The van der Waals surface area contributed by atoms with E-state index in [0.717, 1.165) is 11.1 Å². The number of rotatable bonds is 6. The van der Waals surface area contributed by atoms with E-state index in [1.165, 1.54) is 11.8 Å². The topological polar surface area (TPSA) is 72.3 Å². The van der Waals surface area contributed by atoms with E-state index in [2.05, 4.69) is 15.5 Å². The van der Waals surface area contributed by atoms with Gasteiger partial charge in [0, 0.05) is 5.02 Å². The lowest BCUT2D eigenvalue weighted by Crippen LogP contribution is -2.25. The van der Waals surface area contributed by atoms with Crippen molar-refractivity contribution in [2.24, 2.45) is 10.2 Å². The van der Waals surface area contributed by atoms with Gasteiger partial charge in [0.15, 0.2) is 16.7 Å². The van der Waals surface area contributed by atoms with Crippen LogP contribution in [0.25, 0.3) is 0 Å². The lowest BCUT2D eigenvalue weighted by Gasteiger charge is -2.07. The minimum Gasteiger partial charge on any atom is -0.493 e. The van der Waals surface area contributed by atoms with Crippen LogP contribution in [0.3, 0.4) is 0 Å². The number of methoxy groups -OCH3 is 2. The molecule has 1 amide bonds. The summed E-state index contributed by atoms with van der Waals surface area (Å²) in [7, 11) is 3.16. The molecule has 1 heterocycles. The predicted molar refractivity (Wildman–Crippen MR) is 109 cm³/mol. The van der Waals surface area contributed by atoms with E-state index in [1.807, 2.05) is 30.3 Å². The second kappa shape index (κ2) is 8.92. The molecule has 1 saturated heterocycles. The van der Waals surface area contributed by atoms with Crippen molar-refractivity contribution >= 4 is 40.7 Å². The van der Waals surface area contributed by atoms with Gasteiger partial charge in [-0.1, -0.05) is 35.5 Å². The Morgan fingerprint density at radius 3 is 2.59 bits per heavy atom. The summed E-state index contributed by atoms with van der Waals surface area (Å²) in [5, 5.41) is 11.8. The maximum absolute atomic E-state index is 12.1. The van der Waals surface area contributed by atoms with Crippen molar-refractivity contribution in [3.8, 4) is 11.5 Å². The number of thioether (sulfide) groups is 1. The van der Waals surface area contributed by atoms with Crippen molar-refractivity contribution in [2.45, 2.75) is 11.7 Å². The smallest absolute Gasteiger partial charge is 0.239 e. The third kappa shape index (κ3) is 5.02. The van der Waals surface area contributed by atoms with Gasteiger partial charge in [-0.05, 0) is 47.9 Å². The Hall–Kier alpha value is -2.51. The monoisotopic (exact) mass is 403 g/mol. The van der Waals surface area contributed by atoms with E-state index in [1.54, 1.807) is 32.6 Å². The van der Waals surface area contributed by atoms with E-state index in [0.29, 0.717) is 28.1 Å². The van der Waals surface area contributed by atoms with Gasteiger partial charge in [0.1, 0.15) is 0 Å². The lowest BCUT2D eigenvalue weighted by atomic mass is 10.1. The van der Waals surface area contributed by atoms with Crippen LogP contribution in [0, 0.1) is 0 Å². The van der Waals surface area contributed by atoms with Gasteiger partial charge in [-0.2, -0.15) is 5.10 Å². The van der Waals surface area contributed by atoms with Crippen molar-refractivity contribution in [3.63, 3.8) is 0 Å². The van der Waals surface area contributed by atoms with Gasteiger partial charge in [0.2, 0.25) is 5.91 Å². The van der Waals surface area contributed by atoms with Crippen molar-refractivity contribution in [1.82, 2.24) is 5.32 Å². The maximum Gasteiger partial charge on any atom is 0.239 e. The Balaban J connectivity index is 1.63. The minimum absolute atomic E-state index is 0.0741. The number of hydrogen-bond donors (Lipinski definition) is 1. The van der Waals surface area contributed by atoms with E-state index in [4.69, 9.17) is 21.1 Å². The van der Waals surface area contributed by atoms with Gasteiger partial charge in [0.25, 0.3) is 0 Å². The molecule has 1 fully saturated rings. The number of carbonyl (C=O) groups excluding carboxylic acids is 1. The van der Waals surface area contributed by atoms with Crippen molar-refractivity contribution in [2.75, 3.05) is 14.2 Å². The molecule has 3 rings (SSSR count). The van der Waals surface area contributed by atoms with Crippen LogP contribution >= 0.6 is 23.4 Å². The molecule has 2 aromatic rings. The Labute approximate surface area is 166 Å². The first-order valence-electron chi connectivity index (χ1n) is 8.14. The van der Waals surface area contributed by atoms with E-state index in [-0.39, 0.29) is 11.2 Å². The largest absolute Gasteiger partial charge is 0.493 e. The molecule has 1 N–H and O–H groups in total. The van der Waals surface area contributed by atoms with Crippen LogP contribution in [0.2, 0.25) is 5.02 Å². The molecular weight excluding hydrogens is 386 g/mol. The number of hydrogen-bond acceptors (Lipinski definition) is 6. The summed E-state index contributed by atoms with van der Waals surface area (Å²) >= 11 is 7.25. The zero-order chi connectivity index (χ0) is 19.2. The van der Waals surface area contributed by atoms with Gasteiger partial charge in [0.05, 0.1) is 25.7 Å². The molecule has 0 bridgehead atoms. The van der Waals surface area contributed by atoms with Crippen LogP contribution in [-0.2, 0) is 11.2 Å². The molecule has 6 nitrogen and oxygen atoms in total. The molecular formula is C19H18ClN3O3S. The fourth-order valence-electron chi connectivity index (χ4n) is 2.50. The highest BCUT2D eigenvalue weighted by atomic mass is 35.5. The van der Waals surface area contributed by atoms with E-state index in [9.17, 15) is 4.79 Å². The first kappa shape index (κ1) is 19.3. The summed E-state index contributed by atoms with van der Waals surface area (Å²) < 4.78 is 10.5. The second-order valence-electron chi connectivity index (χ2n) is 5.69. The Morgan fingerprint density at radius 1 is 1.15 bits per heavy atom. The average Bonchev–Trinajstić information content (AvgIpc) is 3.02. The number of carbonyl (C=O) groups is 1. The third-order valence-electron chi connectivity index (χ3n) is 3.87. The first-order chi connectivity index (χ1) is 13.1. The molecule has 0 saturated carbocycles. The Morgan fingerprint density at radius 2 is 1.89 bits per heavy atom. The Bertz CT molecular complexity index is 884. The van der Waals surface area contributed by atoms with Crippen molar-refractivity contribution in [3.05, 3.63) is 58.6 Å². The fourth-order valence-corrected chi connectivity index (χ4v) is 3.59. The minimum atomic E-state index is -0.235. The zero-order valence-electron chi connectivity index (χ0n) is 14.8. The highest BCUT2D eigenvalue weighted by Gasteiger charge is 2.30. The van der Waals surface area contributed by atoms with Gasteiger partial charge in [-0.3, -0.25) is 4.79 Å². The second-order valence-corrected chi connectivity index (χ2v) is 7.32. The number of amides is 1. The lowest BCUT2D eigenvalue weighted by molar-refractivity contribution is -0.118. The van der Waals surface area contributed by atoms with Crippen LogP contribution in [0.1, 0.15) is 11.1 Å². The molecule has 1 atom stereocenters. The van der Waals surface area contributed by atoms with Gasteiger partial charge >= 0.3 is 0 Å². The average molecular weight is 404 g/mol. The molecule has 2 aromatic carbocycles. The molecule has 0 radical (unpaired) electrons. The zero-order valence-corrected chi connectivity index (χ0v) is 16.4. The number of nitrogens with zero attached hydrogens (tertiary/aromatic N) is 2. The fraction of sp³-hybridized carbons (Fsp3) is 0.211. The standard InChI is InChI=1S/C19H18ClN3O3S/c1-25-15-8-5-13(9-16(15)26-2)11-21-23-19-22-18(24)17(27-19)10-12-3-6-14(20)7-4-12/h3-9,11,17H,10H2,1-2H3,(H,22,23,24)/b21-11-/t17-/m0/s1. The van der Waals surface area contributed by atoms with E-state index >= 15 is 0 Å². The first-order valence-corrected chi connectivity index (χ1v) is 9.40. The molecule has 0 unspecified atom stereocenters. The highest BCUT2D eigenvalue weighted by Crippen LogP contribution is 2.27. The van der Waals surface area contributed by atoms with Gasteiger partial charge < -0.3 is 14.8 Å². The van der Waals surface area contributed by atoms with Crippen LogP contribution in [0.5, 0.6) is 11.5 Å². The molecule has 0 aliphatic carbocycles. The Kier molecular flexibility index (Phi) is 6.36. The quantitative estimate of drug-likeness (QED) is 0.591. The van der Waals surface area contributed by atoms with Crippen molar-refractivity contribution < 1.29 is 14.3 Å². The SMILES string of the molecule is COc1ccc(/C=N\N=C2/NC(=O)[C@H](Cc3ccc(Cl)cc3)S2)cc1OC. The van der Waals surface area contributed by atoms with Gasteiger partial charge in [-0.25, -0.2) is 0 Å². The van der Waals surface area contributed by atoms with Gasteiger partial charge in [-0.15, -0.1) is 5.10 Å². The number of halogens is 1. The molecule has 0 spiro atoms. The summed E-state index contributed by atoms with van der Waals surface area (Å²) in [6.45, 7) is 0. The number of nitrogens with one attached hydrogen (secondary N) is 1. The molecule has 8 heteroatoms. The maximum atomic E-state index is 12.1. The normalized spacial score (nSPS) is 18.1. The summed E-state index contributed by atoms with van der Waals surface area (Å²) in [5.41, 5.74) is 1.85. The summed E-state index contributed by atoms with van der Waals surface area (Å²) in [5.74, 6) is 1.18. The summed E-state index contributed by atoms with van der Waals surface area (Å²) in [6, 6.07) is 12.9.